The summed E-state index contributed by atoms with van der Waals surface area (Å²) in [5.41, 5.74) is 0.919. The normalized spacial score (nSPS) is 15.4. The molecule has 2 aromatic rings. The van der Waals surface area contributed by atoms with Crippen LogP contribution in [0.5, 0.6) is 5.88 Å². The van der Waals surface area contributed by atoms with Crippen molar-refractivity contribution in [2.24, 2.45) is 0 Å². The SMILES string of the molecule is CCOc1ncnc2sc(C(=O)N3CCNCC3)c(C)c12. The standard InChI is InChI=1S/C14H18N4O2S/c1-3-20-12-10-9(2)11(21-13(10)17-8-16-12)14(19)18-6-4-15-5-7-18/h8,15H,3-7H2,1-2H3. The third kappa shape index (κ3) is 2.58. The molecule has 1 fully saturated rings. The summed E-state index contributed by atoms with van der Waals surface area (Å²) in [5.74, 6) is 0.648. The van der Waals surface area contributed by atoms with E-state index in [-0.39, 0.29) is 5.91 Å². The molecule has 0 spiro atoms. The number of piperazine rings is 1. The maximum Gasteiger partial charge on any atom is 0.264 e. The van der Waals surface area contributed by atoms with Crippen molar-refractivity contribution in [2.75, 3.05) is 32.8 Å². The van der Waals surface area contributed by atoms with Crippen molar-refractivity contribution in [3.8, 4) is 5.88 Å². The van der Waals surface area contributed by atoms with E-state index in [9.17, 15) is 4.79 Å². The van der Waals surface area contributed by atoms with Gasteiger partial charge in [-0.1, -0.05) is 0 Å². The fraction of sp³-hybridized carbons (Fsp3) is 0.500. The van der Waals surface area contributed by atoms with Crippen molar-refractivity contribution in [3.05, 3.63) is 16.8 Å². The number of carbonyl (C=O) groups excluding carboxylic acids is 1. The van der Waals surface area contributed by atoms with E-state index in [1.165, 1.54) is 17.7 Å². The Bertz CT molecular complexity index is 664. The molecule has 1 saturated heterocycles. The molecule has 6 nitrogen and oxygen atoms in total. The van der Waals surface area contributed by atoms with Gasteiger partial charge < -0.3 is 15.0 Å². The van der Waals surface area contributed by atoms with Crippen LogP contribution in [-0.2, 0) is 0 Å². The van der Waals surface area contributed by atoms with Gasteiger partial charge in [0.05, 0.1) is 16.9 Å². The van der Waals surface area contributed by atoms with Crippen LogP contribution in [0, 0.1) is 6.92 Å². The highest BCUT2D eigenvalue weighted by Crippen LogP contribution is 2.35. The van der Waals surface area contributed by atoms with E-state index in [0.717, 1.165) is 46.8 Å². The van der Waals surface area contributed by atoms with Gasteiger partial charge in [0.15, 0.2) is 0 Å². The molecule has 0 saturated carbocycles. The van der Waals surface area contributed by atoms with Crippen LogP contribution in [0.25, 0.3) is 10.2 Å². The number of amides is 1. The van der Waals surface area contributed by atoms with Gasteiger partial charge in [0.2, 0.25) is 5.88 Å². The number of aryl methyl sites for hydroxylation is 1. The van der Waals surface area contributed by atoms with E-state index in [1.54, 1.807) is 0 Å². The number of rotatable bonds is 3. The smallest absolute Gasteiger partial charge is 0.264 e. The quantitative estimate of drug-likeness (QED) is 0.929. The summed E-state index contributed by atoms with van der Waals surface area (Å²) in [4.78, 5) is 24.6. The lowest BCUT2D eigenvalue weighted by atomic mass is 10.2. The van der Waals surface area contributed by atoms with Crippen LogP contribution < -0.4 is 10.1 Å². The number of nitrogens with zero attached hydrogens (tertiary/aromatic N) is 3. The molecule has 3 rings (SSSR count). The molecular weight excluding hydrogens is 288 g/mol. The summed E-state index contributed by atoms with van der Waals surface area (Å²) in [7, 11) is 0. The predicted molar refractivity (Wildman–Crippen MR) is 82.1 cm³/mol. The lowest BCUT2D eigenvalue weighted by Crippen LogP contribution is -2.46. The van der Waals surface area contributed by atoms with Crippen LogP contribution in [0.2, 0.25) is 0 Å². The molecule has 3 heterocycles. The average molecular weight is 306 g/mol. The third-order valence-corrected chi connectivity index (χ3v) is 4.76. The number of thiophene rings is 1. The number of aromatic nitrogens is 2. The molecule has 0 bridgehead atoms. The number of carbonyl (C=O) groups is 1. The van der Waals surface area contributed by atoms with Gasteiger partial charge in [-0.2, -0.15) is 0 Å². The van der Waals surface area contributed by atoms with E-state index in [2.05, 4.69) is 15.3 Å². The monoisotopic (exact) mass is 306 g/mol. The minimum atomic E-state index is 0.0828. The molecule has 1 aliphatic heterocycles. The third-order valence-electron chi connectivity index (χ3n) is 3.57. The number of nitrogens with one attached hydrogen (secondary N) is 1. The van der Waals surface area contributed by atoms with Crippen molar-refractivity contribution in [1.29, 1.82) is 0 Å². The van der Waals surface area contributed by atoms with Gasteiger partial charge in [0.25, 0.3) is 5.91 Å². The molecule has 1 amide bonds. The fourth-order valence-electron chi connectivity index (χ4n) is 2.50. The molecule has 7 heteroatoms. The lowest BCUT2D eigenvalue weighted by molar-refractivity contribution is 0.0740. The number of hydrogen-bond acceptors (Lipinski definition) is 6. The first-order valence-electron chi connectivity index (χ1n) is 7.09. The molecule has 2 aromatic heterocycles. The molecule has 0 unspecified atom stereocenters. The molecule has 112 valence electrons. The summed E-state index contributed by atoms with van der Waals surface area (Å²) in [6.07, 6.45) is 1.49. The van der Waals surface area contributed by atoms with Gasteiger partial charge in [0.1, 0.15) is 11.2 Å². The van der Waals surface area contributed by atoms with E-state index < -0.39 is 0 Å². The summed E-state index contributed by atoms with van der Waals surface area (Å²) in [6.45, 7) is 7.59. The molecule has 0 aromatic carbocycles. The average Bonchev–Trinajstić information content (AvgIpc) is 2.86. The Morgan fingerprint density at radius 2 is 2.19 bits per heavy atom. The summed E-state index contributed by atoms with van der Waals surface area (Å²) < 4.78 is 5.56. The minimum absolute atomic E-state index is 0.0828. The Morgan fingerprint density at radius 3 is 2.90 bits per heavy atom. The second-order valence-electron chi connectivity index (χ2n) is 4.89. The van der Waals surface area contributed by atoms with Crippen LogP contribution >= 0.6 is 11.3 Å². The van der Waals surface area contributed by atoms with Gasteiger partial charge in [0, 0.05) is 26.2 Å². The molecule has 21 heavy (non-hydrogen) atoms. The van der Waals surface area contributed by atoms with Gasteiger partial charge >= 0.3 is 0 Å². The minimum Gasteiger partial charge on any atom is -0.477 e. The number of hydrogen-bond donors (Lipinski definition) is 1. The van der Waals surface area contributed by atoms with Crippen molar-refractivity contribution in [2.45, 2.75) is 13.8 Å². The molecule has 1 N–H and O–H groups in total. The number of fused-ring (bicyclic) bond motifs is 1. The molecule has 1 aliphatic rings. The van der Waals surface area contributed by atoms with Crippen LogP contribution in [0.3, 0.4) is 0 Å². The largest absolute Gasteiger partial charge is 0.477 e. The van der Waals surface area contributed by atoms with Gasteiger partial charge in [-0.25, -0.2) is 9.97 Å². The van der Waals surface area contributed by atoms with E-state index in [4.69, 9.17) is 4.74 Å². The zero-order valence-electron chi connectivity index (χ0n) is 12.2. The Morgan fingerprint density at radius 1 is 1.43 bits per heavy atom. The van der Waals surface area contributed by atoms with Gasteiger partial charge in [-0.3, -0.25) is 4.79 Å². The van der Waals surface area contributed by atoms with Gasteiger partial charge in [-0.15, -0.1) is 11.3 Å². The summed E-state index contributed by atoms with van der Waals surface area (Å²) >= 11 is 1.42. The highest BCUT2D eigenvalue weighted by molar-refractivity contribution is 7.20. The molecule has 0 atom stereocenters. The Balaban J connectivity index is 2.01. The maximum atomic E-state index is 12.7. The number of ether oxygens (including phenoxy) is 1. The van der Waals surface area contributed by atoms with Crippen molar-refractivity contribution >= 4 is 27.5 Å². The zero-order chi connectivity index (χ0) is 14.8. The van der Waals surface area contributed by atoms with Crippen LogP contribution in [0.4, 0.5) is 0 Å². The highest BCUT2D eigenvalue weighted by atomic mass is 32.1. The topological polar surface area (TPSA) is 67.4 Å². The lowest BCUT2D eigenvalue weighted by Gasteiger charge is -2.27. The second-order valence-corrected chi connectivity index (χ2v) is 5.89. The van der Waals surface area contributed by atoms with E-state index >= 15 is 0 Å². The van der Waals surface area contributed by atoms with Crippen molar-refractivity contribution < 1.29 is 9.53 Å². The second kappa shape index (κ2) is 5.95. The molecule has 0 aliphatic carbocycles. The highest BCUT2D eigenvalue weighted by Gasteiger charge is 2.24. The summed E-state index contributed by atoms with van der Waals surface area (Å²) in [6, 6.07) is 0. The molecule has 0 radical (unpaired) electrons. The van der Waals surface area contributed by atoms with E-state index in [1.807, 2.05) is 18.7 Å². The van der Waals surface area contributed by atoms with Crippen molar-refractivity contribution in [3.63, 3.8) is 0 Å². The first-order chi connectivity index (χ1) is 10.2. The Hall–Kier alpha value is -1.73. The van der Waals surface area contributed by atoms with Gasteiger partial charge in [-0.05, 0) is 19.4 Å². The van der Waals surface area contributed by atoms with E-state index in [0.29, 0.717) is 12.5 Å². The zero-order valence-corrected chi connectivity index (χ0v) is 13.0. The van der Waals surface area contributed by atoms with Crippen LogP contribution in [0.1, 0.15) is 22.2 Å². The Kier molecular flexibility index (Phi) is 4.03. The fourth-order valence-corrected chi connectivity index (χ4v) is 3.61. The Labute approximate surface area is 127 Å². The predicted octanol–water partition coefficient (Wildman–Crippen LogP) is 1.44. The maximum absolute atomic E-state index is 12.7. The van der Waals surface area contributed by atoms with Crippen LogP contribution in [-0.4, -0.2) is 53.6 Å². The molecular formula is C14H18N4O2S. The summed E-state index contributed by atoms with van der Waals surface area (Å²) in [5, 5.41) is 4.12. The van der Waals surface area contributed by atoms with Crippen molar-refractivity contribution in [1.82, 2.24) is 20.2 Å². The first-order valence-corrected chi connectivity index (χ1v) is 7.91. The first kappa shape index (κ1) is 14.2. The van der Waals surface area contributed by atoms with Crippen LogP contribution in [0.15, 0.2) is 6.33 Å².